The Kier molecular flexibility index (Phi) is 12.6. The number of piperidine rings is 1. The van der Waals surface area contributed by atoms with Crippen LogP contribution in [0.4, 0.5) is 4.79 Å². The Labute approximate surface area is 242 Å². The number of carbonyl (C=O) groups excluding carboxylic acids is 3. The van der Waals surface area contributed by atoms with E-state index in [4.69, 9.17) is 4.74 Å². The summed E-state index contributed by atoms with van der Waals surface area (Å²) in [5.74, 6) is -1.65. The lowest BCUT2D eigenvalue weighted by Gasteiger charge is -2.43. The highest BCUT2D eigenvalue weighted by Gasteiger charge is 2.42. The molecule has 0 bridgehead atoms. The highest BCUT2D eigenvalue weighted by Crippen LogP contribution is 2.34. The van der Waals surface area contributed by atoms with Gasteiger partial charge in [-0.2, -0.15) is 0 Å². The molecule has 11 heteroatoms. The maximum absolute atomic E-state index is 14.1. The third-order valence-electron chi connectivity index (χ3n) is 8.56. The molecule has 2 rings (SSSR count). The molecule has 0 saturated carbocycles. The SMILES string of the molecule is CCNC(=O)O[C@H](C[C@H](C(C)C)N(C)C(=O)[C@@H](CC(=O)[C@]1(C)CCCCN1C)[C@@H](C)CC)c1nc(C(=O)O)cs1. The first-order valence-corrected chi connectivity index (χ1v) is 15.3. The van der Waals surface area contributed by atoms with Crippen molar-refractivity contribution in [2.24, 2.45) is 17.8 Å². The lowest BCUT2D eigenvalue weighted by molar-refractivity contribution is -0.144. The number of Topliss-reactive ketones (excluding diaryl/α,β-unsaturated/α-hetero) is 1. The number of aromatic carboxylic acids is 1. The van der Waals surface area contributed by atoms with Gasteiger partial charge in [0.1, 0.15) is 5.01 Å². The minimum absolute atomic E-state index is 0.00340. The number of hydrogen-bond donors (Lipinski definition) is 2. The van der Waals surface area contributed by atoms with Crippen LogP contribution in [0.15, 0.2) is 5.38 Å². The van der Waals surface area contributed by atoms with Crippen molar-refractivity contribution in [2.45, 2.75) is 97.8 Å². The molecule has 226 valence electrons. The topological polar surface area (TPSA) is 129 Å². The molecule has 2 heterocycles. The minimum Gasteiger partial charge on any atom is -0.476 e. The van der Waals surface area contributed by atoms with E-state index in [0.717, 1.165) is 43.6 Å². The van der Waals surface area contributed by atoms with Gasteiger partial charge in [0.25, 0.3) is 0 Å². The number of nitrogens with one attached hydrogen (secondary N) is 1. The number of aromatic nitrogens is 1. The van der Waals surface area contributed by atoms with Crippen LogP contribution in [0.2, 0.25) is 0 Å². The Bertz CT molecular complexity index is 1030. The number of likely N-dealkylation sites (tertiary alicyclic amines) is 1. The van der Waals surface area contributed by atoms with Gasteiger partial charge in [0.05, 0.1) is 5.54 Å². The Hall–Kier alpha value is -2.53. The largest absolute Gasteiger partial charge is 0.476 e. The van der Waals surface area contributed by atoms with Crippen LogP contribution in [0.5, 0.6) is 0 Å². The summed E-state index contributed by atoms with van der Waals surface area (Å²) < 4.78 is 5.69. The van der Waals surface area contributed by atoms with Crippen LogP contribution in [0.3, 0.4) is 0 Å². The van der Waals surface area contributed by atoms with Gasteiger partial charge in [-0.15, -0.1) is 11.3 Å². The number of carboxylic acid groups (broad SMARTS) is 1. The Morgan fingerprint density at radius 3 is 2.42 bits per heavy atom. The third-order valence-corrected chi connectivity index (χ3v) is 9.50. The van der Waals surface area contributed by atoms with Crippen molar-refractivity contribution in [3.8, 4) is 0 Å². The fraction of sp³-hybridized carbons (Fsp3) is 0.759. The predicted molar refractivity (Wildman–Crippen MR) is 155 cm³/mol. The van der Waals surface area contributed by atoms with Crippen molar-refractivity contribution in [3.05, 3.63) is 16.1 Å². The molecular formula is C29H48N4O6S. The summed E-state index contributed by atoms with van der Waals surface area (Å²) >= 11 is 1.11. The maximum Gasteiger partial charge on any atom is 0.407 e. The smallest absolute Gasteiger partial charge is 0.407 e. The van der Waals surface area contributed by atoms with Gasteiger partial charge in [0.2, 0.25) is 5.91 Å². The van der Waals surface area contributed by atoms with E-state index in [1.807, 2.05) is 41.7 Å². The van der Waals surface area contributed by atoms with Crippen molar-refractivity contribution in [2.75, 3.05) is 27.2 Å². The van der Waals surface area contributed by atoms with Crippen molar-refractivity contribution in [3.63, 3.8) is 0 Å². The molecule has 5 atom stereocenters. The second-order valence-electron chi connectivity index (χ2n) is 11.6. The zero-order valence-corrected chi connectivity index (χ0v) is 26.2. The molecular weight excluding hydrogens is 532 g/mol. The zero-order chi connectivity index (χ0) is 30.2. The average Bonchev–Trinajstić information content (AvgIpc) is 3.40. The number of hydrogen-bond acceptors (Lipinski definition) is 8. The molecule has 2 amide bonds. The van der Waals surface area contributed by atoms with Gasteiger partial charge in [-0.25, -0.2) is 14.6 Å². The summed E-state index contributed by atoms with van der Waals surface area (Å²) in [6, 6.07) is -0.348. The van der Waals surface area contributed by atoms with Gasteiger partial charge in [-0.3, -0.25) is 14.5 Å². The Morgan fingerprint density at radius 2 is 1.90 bits per heavy atom. The van der Waals surface area contributed by atoms with Crippen LogP contribution in [0, 0.1) is 17.8 Å². The minimum atomic E-state index is -1.16. The summed E-state index contributed by atoms with van der Waals surface area (Å²) in [5.41, 5.74) is -0.690. The molecule has 1 fully saturated rings. The number of carboxylic acids is 1. The van der Waals surface area contributed by atoms with Crippen LogP contribution in [0.25, 0.3) is 0 Å². The first-order valence-electron chi connectivity index (χ1n) is 14.4. The lowest BCUT2D eigenvalue weighted by atomic mass is 9.77. The molecule has 1 aromatic heterocycles. The standard InChI is InChI=1S/C29H48N4O6S/c1-9-19(5)20(15-24(34)29(6)13-11-12-14-32(29)7)26(35)33(8)22(18(3)4)16-23(39-28(38)30-10-2)25-31-21(17-40-25)27(36)37/h17-20,22-23H,9-16H2,1-8H3,(H,30,38)(H,36,37)/t19-,20-,22+,23+,29-/m0/s1. The third kappa shape index (κ3) is 8.25. The fourth-order valence-corrected chi connectivity index (χ4v) is 6.25. The number of alkyl carbamates (subject to hydrolysis) is 1. The Balaban J connectivity index is 2.33. The normalized spacial score (nSPS) is 20.8. The van der Waals surface area contributed by atoms with E-state index in [1.165, 1.54) is 5.38 Å². The molecule has 0 aromatic carbocycles. The number of ketones is 1. The van der Waals surface area contributed by atoms with E-state index in [2.05, 4.69) is 15.2 Å². The zero-order valence-electron chi connectivity index (χ0n) is 25.4. The van der Waals surface area contributed by atoms with Crippen LogP contribution in [0.1, 0.15) is 102 Å². The van der Waals surface area contributed by atoms with Gasteiger partial charge in [0, 0.05) is 43.8 Å². The lowest BCUT2D eigenvalue weighted by Crippen LogP contribution is -2.54. The van der Waals surface area contributed by atoms with Crippen LogP contribution >= 0.6 is 11.3 Å². The van der Waals surface area contributed by atoms with E-state index in [0.29, 0.717) is 11.6 Å². The van der Waals surface area contributed by atoms with E-state index >= 15 is 0 Å². The molecule has 2 N–H and O–H groups in total. The highest BCUT2D eigenvalue weighted by atomic mass is 32.1. The first kappa shape index (κ1) is 33.7. The van der Waals surface area contributed by atoms with E-state index in [9.17, 15) is 24.3 Å². The molecule has 1 saturated heterocycles. The monoisotopic (exact) mass is 580 g/mol. The van der Waals surface area contributed by atoms with Crippen molar-refractivity contribution in [1.29, 1.82) is 0 Å². The number of rotatable bonds is 14. The van der Waals surface area contributed by atoms with Crippen molar-refractivity contribution < 1.29 is 29.0 Å². The molecule has 0 radical (unpaired) electrons. The van der Waals surface area contributed by atoms with E-state index in [1.54, 1.807) is 18.9 Å². The van der Waals surface area contributed by atoms with Crippen molar-refractivity contribution in [1.82, 2.24) is 20.1 Å². The number of nitrogens with zero attached hydrogens (tertiary/aromatic N) is 3. The highest BCUT2D eigenvalue weighted by molar-refractivity contribution is 7.09. The number of ether oxygens (including phenoxy) is 1. The molecule has 40 heavy (non-hydrogen) atoms. The molecule has 0 aliphatic carbocycles. The van der Waals surface area contributed by atoms with Crippen LogP contribution in [-0.2, 0) is 14.3 Å². The van der Waals surface area contributed by atoms with Gasteiger partial charge in [0.15, 0.2) is 17.6 Å². The summed E-state index contributed by atoms with van der Waals surface area (Å²) in [4.78, 5) is 59.6. The van der Waals surface area contributed by atoms with Crippen LogP contribution in [-0.4, -0.2) is 82.4 Å². The summed E-state index contributed by atoms with van der Waals surface area (Å²) in [6.07, 6.45) is 2.56. The van der Waals surface area contributed by atoms with Gasteiger partial charge < -0.3 is 20.1 Å². The molecule has 1 aliphatic heterocycles. The van der Waals surface area contributed by atoms with Gasteiger partial charge >= 0.3 is 12.1 Å². The summed E-state index contributed by atoms with van der Waals surface area (Å²) in [6.45, 7) is 13.0. The number of thiazole rings is 1. The second-order valence-corrected chi connectivity index (χ2v) is 12.5. The average molecular weight is 581 g/mol. The fourth-order valence-electron chi connectivity index (χ4n) is 5.41. The van der Waals surface area contributed by atoms with Gasteiger partial charge in [-0.05, 0) is 58.5 Å². The van der Waals surface area contributed by atoms with E-state index in [-0.39, 0.29) is 48.1 Å². The molecule has 10 nitrogen and oxygen atoms in total. The second kappa shape index (κ2) is 14.9. The van der Waals surface area contributed by atoms with Crippen LogP contribution < -0.4 is 5.32 Å². The number of amides is 2. The maximum atomic E-state index is 14.1. The molecule has 1 aromatic rings. The summed E-state index contributed by atoms with van der Waals surface area (Å²) in [5, 5.41) is 13.7. The van der Waals surface area contributed by atoms with Crippen molar-refractivity contribution >= 4 is 35.1 Å². The quantitative estimate of drug-likeness (QED) is 0.315. The first-order chi connectivity index (χ1) is 18.8. The predicted octanol–water partition coefficient (Wildman–Crippen LogP) is 5.00. The molecule has 0 spiro atoms. The van der Waals surface area contributed by atoms with Gasteiger partial charge in [-0.1, -0.05) is 34.1 Å². The van der Waals surface area contributed by atoms with E-state index < -0.39 is 29.6 Å². The summed E-state index contributed by atoms with van der Waals surface area (Å²) in [7, 11) is 3.73. The Morgan fingerprint density at radius 1 is 1.23 bits per heavy atom. The molecule has 1 aliphatic rings. The number of likely N-dealkylation sites (N-methyl/N-ethyl adjacent to an activating group) is 1. The number of carbonyl (C=O) groups is 4. The molecule has 0 unspecified atom stereocenters.